The van der Waals surface area contributed by atoms with Crippen molar-refractivity contribution >= 4 is 0 Å². The average molecular weight is 387 g/mol. The Kier molecular flexibility index (Phi) is 5.80. The molecule has 2 unspecified atom stereocenters. The van der Waals surface area contributed by atoms with Crippen molar-refractivity contribution in [2.75, 3.05) is 0 Å². The molecule has 0 aromatic heterocycles. The van der Waals surface area contributed by atoms with E-state index in [2.05, 4.69) is 40.7 Å². The summed E-state index contributed by atoms with van der Waals surface area (Å²) in [5, 5.41) is 11.2. The lowest BCUT2D eigenvalue weighted by Crippen LogP contribution is -2.50. The molecule has 0 saturated heterocycles. The van der Waals surface area contributed by atoms with Gasteiger partial charge in [-0.05, 0) is 91.3 Å². The van der Waals surface area contributed by atoms with E-state index in [1.54, 1.807) is 5.57 Å². The molecule has 1 nitrogen and oxygen atoms in total. The lowest BCUT2D eigenvalue weighted by molar-refractivity contribution is -0.0558. The molecule has 28 heavy (non-hydrogen) atoms. The Morgan fingerprint density at radius 1 is 1.07 bits per heavy atom. The topological polar surface area (TPSA) is 20.2 Å². The molecule has 0 heterocycles. The van der Waals surface area contributed by atoms with Crippen LogP contribution in [-0.2, 0) is 0 Å². The largest absolute Gasteiger partial charge is 0.393 e. The maximum Gasteiger partial charge on any atom is 0.0579 e. The molecule has 0 spiro atoms. The van der Waals surface area contributed by atoms with Crippen molar-refractivity contribution < 1.29 is 5.11 Å². The second kappa shape index (κ2) is 7.75. The van der Waals surface area contributed by atoms with E-state index in [-0.39, 0.29) is 6.10 Å². The molecule has 3 fully saturated rings. The highest BCUT2D eigenvalue weighted by Gasteiger charge is 2.61. The Morgan fingerprint density at radius 2 is 1.86 bits per heavy atom. The van der Waals surface area contributed by atoms with Crippen molar-refractivity contribution in [1.82, 2.24) is 0 Å². The second-order valence-electron chi connectivity index (χ2n) is 12.1. The summed E-state index contributed by atoms with van der Waals surface area (Å²) in [4.78, 5) is 0. The van der Waals surface area contributed by atoms with Crippen molar-refractivity contribution in [3.8, 4) is 0 Å². The molecule has 8 atom stereocenters. The number of aliphatic hydroxyl groups is 1. The second-order valence-corrected chi connectivity index (χ2v) is 12.1. The fourth-order valence-corrected chi connectivity index (χ4v) is 8.81. The van der Waals surface area contributed by atoms with E-state index < -0.39 is 0 Å². The zero-order valence-corrected chi connectivity index (χ0v) is 19.3. The van der Waals surface area contributed by atoms with Gasteiger partial charge in [0.1, 0.15) is 0 Å². The van der Waals surface area contributed by atoms with Crippen molar-refractivity contribution in [3.05, 3.63) is 11.6 Å². The van der Waals surface area contributed by atoms with Crippen molar-refractivity contribution in [3.63, 3.8) is 0 Å². The molecule has 0 amide bonds. The third kappa shape index (κ3) is 3.32. The van der Waals surface area contributed by atoms with Crippen molar-refractivity contribution in [2.45, 2.75) is 111 Å². The van der Waals surface area contributed by atoms with Crippen LogP contribution in [-0.4, -0.2) is 11.2 Å². The van der Waals surface area contributed by atoms with E-state index in [1.807, 2.05) is 0 Å². The number of hydrogen-bond acceptors (Lipinski definition) is 1. The summed E-state index contributed by atoms with van der Waals surface area (Å²) in [5.74, 6) is 4.45. The Labute approximate surface area is 174 Å². The van der Waals surface area contributed by atoms with Crippen molar-refractivity contribution in [1.29, 1.82) is 0 Å². The van der Waals surface area contributed by atoms with Gasteiger partial charge in [-0.1, -0.05) is 72.0 Å². The molecule has 0 radical (unpaired) electrons. The molecule has 3 saturated carbocycles. The van der Waals surface area contributed by atoms with E-state index in [0.717, 1.165) is 30.1 Å². The molecule has 1 heteroatoms. The van der Waals surface area contributed by atoms with Gasteiger partial charge >= 0.3 is 0 Å². The number of allylic oxidation sites excluding steroid dienone is 2. The quantitative estimate of drug-likeness (QED) is 0.488. The van der Waals surface area contributed by atoms with Gasteiger partial charge in [0, 0.05) is 0 Å². The highest BCUT2D eigenvalue weighted by molar-refractivity contribution is 5.24. The molecule has 4 aliphatic carbocycles. The van der Waals surface area contributed by atoms with Gasteiger partial charge in [-0.2, -0.15) is 0 Å². The van der Waals surface area contributed by atoms with E-state index in [9.17, 15) is 5.11 Å². The van der Waals surface area contributed by atoms with Crippen LogP contribution in [0.25, 0.3) is 0 Å². The van der Waals surface area contributed by atoms with E-state index in [1.165, 1.54) is 64.2 Å². The van der Waals surface area contributed by atoms with Gasteiger partial charge in [0.15, 0.2) is 0 Å². The van der Waals surface area contributed by atoms with Gasteiger partial charge in [0.25, 0.3) is 0 Å². The molecule has 0 bridgehead atoms. The highest BCUT2D eigenvalue weighted by atomic mass is 16.3. The fraction of sp³-hybridized carbons (Fsp3) is 0.926. The normalized spacial score (nSPS) is 46.5. The standard InChI is InChI=1S/C27H46O/c1-18(2)9-8-10-19(3)25-24(28)17-23-21-13-12-20-11-6-7-15-26(20,4)22(21)14-16-27(23,25)5/h12,18-19,21-25,28H,6-11,13-17H2,1-5H3/t19?,21-,22+,23+,24+,25?,26+,27+/m1/s1. The summed E-state index contributed by atoms with van der Waals surface area (Å²) in [6.07, 6.45) is 17.3. The molecular formula is C27H46O. The monoisotopic (exact) mass is 386 g/mol. The Morgan fingerprint density at radius 3 is 2.61 bits per heavy atom. The first kappa shape index (κ1) is 21.0. The predicted molar refractivity (Wildman–Crippen MR) is 119 cm³/mol. The first-order valence-electron chi connectivity index (χ1n) is 12.6. The molecular weight excluding hydrogens is 340 g/mol. The van der Waals surface area contributed by atoms with Crippen LogP contribution in [0.5, 0.6) is 0 Å². The SMILES string of the molecule is CC(C)CCCC(C)C1[C@@H](O)C[C@H]2[C@@H]3CC=C4CCCC[C@]4(C)[C@H]3CC[C@]12C. The predicted octanol–water partition coefficient (Wildman–Crippen LogP) is 7.39. The lowest BCUT2D eigenvalue weighted by atomic mass is 9.47. The van der Waals surface area contributed by atoms with Gasteiger partial charge in [0.2, 0.25) is 0 Å². The third-order valence-electron chi connectivity index (χ3n) is 10.2. The number of rotatable bonds is 5. The molecule has 0 aliphatic heterocycles. The third-order valence-corrected chi connectivity index (χ3v) is 10.2. The number of fused-ring (bicyclic) bond motifs is 5. The summed E-state index contributed by atoms with van der Waals surface area (Å²) in [6.45, 7) is 12.3. The van der Waals surface area contributed by atoms with Crippen LogP contribution in [0.3, 0.4) is 0 Å². The summed E-state index contributed by atoms with van der Waals surface area (Å²) in [7, 11) is 0. The molecule has 0 aromatic rings. The van der Waals surface area contributed by atoms with Crippen molar-refractivity contribution in [2.24, 2.45) is 46.3 Å². The summed E-state index contributed by atoms with van der Waals surface area (Å²) >= 11 is 0. The van der Waals surface area contributed by atoms with Crippen LogP contribution < -0.4 is 0 Å². The smallest absolute Gasteiger partial charge is 0.0579 e. The molecule has 0 aromatic carbocycles. The lowest BCUT2D eigenvalue weighted by Gasteiger charge is -2.58. The Bertz CT molecular complexity index is 591. The minimum Gasteiger partial charge on any atom is -0.393 e. The maximum atomic E-state index is 11.2. The molecule has 4 aliphatic rings. The van der Waals surface area contributed by atoms with Gasteiger partial charge in [0.05, 0.1) is 6.10 Å². The summed E-state index contributed by atoms with van der Waals surface area (Å²) in [5.41, 5.74) is 2.66. The Balaban J connectivity index is 1.53. The highest BCUT2D eigenvalue weighted by Crippen LogP contribution is 2.67. The molecule has 4 rings (SSSR count). The van der Waals surface area contributed by atoms with Crippen LogP contribution >= 0.6 is 0 Å². The van der Waals surface area contributed by atoms with Crippen LogP contribution in [0.4, 0.5) is 0 Å². The van der Waals surface area contributed by atoms with E-state index in [0.29, 0.717) is 22.7 Å². The molecule has 160 valence electrons. The first-order valence-corrected chi connectivity index (χ1v) is 12.6. The minimum absolute atomic E-state index is 0.0626. The van der Waals surface area contributed by atoms with Crippen LogP contribution in [0.15, 0.2) is 11.6 Å². The summed E-state index contributed by atoms with van der Waals surface area (Å²) < 4.78 is 0. The average Bonchev–Trinajstić information content (AvgIpc) is 2.91. The fourth-order valence-electron chi connectivity index (χ4n) is 8.81. The zero-order chi connectivity index (χ0) is 20.1. The first-order chi connectivity index (χ1) is 13.3. The van der Waals surface area contributed by atoms with Gasteiger partial charge in [-0.25, -0.2) is 0 Å². The zero-order valence-electron chi connectivity index (χ0n) is 19.3. The van der Waals surface area contributed by atoms with E-state index >= 15 is 0 Å². The van der Waals surface area contributed by atoms with Crippen LogP contribution in [0.1, 0.15) is 105 Å². The number of hydrogen-bond donors (Lipinski definition) is 1. The van der Waals surface area contributed by atoms with Gasteiger partial charge in [-0.15, -0.1) is 0 Å². The van der Waals surface area contributed by atoms with E-state index in [4.69, 9.17) is 0 Å². The maximum absolute atomic E-state index is 11.2. The molecule has 1 N–H and O–H groups in total. The minimum atomic E-state index is -0.0626. The Hall–Kier alpha value is -0.300. The van der Waals surface area contributed by atoms with Crippen LogP contribution in [0, 0.1) is 46.3 Å². The van der Waals surface area contributed by atoms with Gasteiger partial charge in [-0.3, -0.25) is 0 Å². The van der Waals surface area contributed by atoms with Gasteiger partial charge < -0.3 is 5.11 Å². The number of aliphatic hydroxyl groups excluding tert-OH is 1. The van der Waals surface area contributed by atoms with Crippen LogP contribution in [0.2, 0.25) is 0 Å². The summed E-state index contributed by atoms with van der Waals surface area (Å²) in [6, 6.07) is 0.